The molecule has 4 aromatic heterocycles. The summed E-state index contributed by atoms with van der Waals surface area (Å²) in [7, 11) is 0. The molecule has 2 saturated carbocycles. The normalized spacial score (nSPS) is 20.5. The van der Waals surface area contributed by atoms with Crippen molar-refractivity contribution in [1.82, 2.24) is 40.3 Å². The van der Waals surface area contributed by atoms with Crippen molar-refractivity contribution >= 4 is 33.7 Å². The third kappa shape index (κ3) is 8.31. The van der Waals surface area contributed by atoms with Gasteiger partial charge in [-0.05, 0) is 62.5 Å². The number of ether oxygens (including phenoxy) is 2. The topological polar surface area (TPSA) is 151 Å². The number of anilines is 2. The van der Waals surface area contributed by atoms with Crippen LogP contribution in [-0.4, -0.2) is 77.8 Å². The molecule has 2 aliphatic rings. The van der Waals surface area contributed by atoms with Crippen molar-refractivity contribution in [1.29, 1.82) is 0 Å². The summed E-state index contributed by atoms with van der Waals surface area (Å²) in [6, 6.07) is 21.7. The minimum absolute atomic E-state index is 0.327. The van der Waals surface area contributed by atoms with Crippen LogP contribution in [0.2, 0.25) is 0 Å². The number of H-pyrrole nitrogens is 2. The average Bonchev–Trinajstić information content (AvgIpc) is 3.95. The minimum Gasteiger partial charge on any atom is -0.378 e. The number of aromatic nitrogens is 8. The van der Waals surface area contributed by atoms with Gasteiger partial charge in [-0.15, -0.1) is 0 Å². The van der Waals surface area contributed by atoms with Gasteiger partial charge in [-0.25, -0.2) is 19.9 Å². The Morgan fingerprint density at radius 3 is 1.50 bits per heavy atom. The maximum Gasteiger partial charge on any atom is 0.160 e. The quantitative estimate of drug-likeness (QED) is 0.127. The predicted molar refractivity (Wildman–Crippen MR) is 186 cm³/mol. The Morgan fingerprint density at radius 2 is 1.04 bits per heavy atom. The maximum atomic E-state index is 6.06. The van der Waals surface area contributed by atoms with Crippen molar-refractivity contribution in [2.75, 3.05) is 23.8 Å². The molecule has 2 fully saturated rings. The first-order valence-corrected chi connectivity index (χ1v) is 16.9. The lowest BCUT2D eigenvalue weighted by molar-refractivity contribution is 0.0599. The molecular formula is C36H42N10O2. The number of aromatic amines is 2. The summed E-state index contributed by atoms with van der Waals surface area (Å²) in [6.45, 7) is 1.56. The molecular weight excluding hydrogens is 604 g/mol. The molecule has 2 unspecified atom stereocenters. The van der Waals surface area contributed by atoms with Gasteiger partial charge >= 0.3 is 0 Å². The summed E-state index contributed by atoms with van der Waals surface area (Å²) in [4.78, 5) is 17.0. The van der Waals surface area contributed by atoms with Crippen LogP contribution in [0.25, 0.3) is 22.1 Å². The highest BCUT2D eigenvalue weighted by Crippen LogP contribution is 2.28. The second-order valence-corrected chi connectivity index (χ2v) is 12.5. The Morgan fingerprint density at radius 1 is 0.583 bits per heavy atom. The molecule has 12 nitrogen and oxygen atoms in total. The number of nitrogens with one attached hydrogen (secondary N) is 4. The highest BCUT2D eigenvalue weighted by atomic mass is 16.5. The van der Waals surface area contributed by atoms with Crippen molar-refractivity contribution in [2.24, 2.45) is 0 Å². The Hall–Kier alpha value is -4.94. The maximum absolute atomic E-state index is 6.06. The Labute approximate surface area is 279 Å². The minimum atomic E-state index is 0.327. The van der Waals surface area contributed by atoms with E-state index in [4.69, 9.17) is 9.47 Å². The first kappa shape index (κ1) is 31.6. The molecule has 0 amide bonds. The Kier molecular flexibility index (Phi) is 10.4. The molecule has 4 N–H and O–H groups in total. The van der Waals surface area contributed by atoms with Gasteiger partial charge in [0.1, 0.15) is 24.3 Å². The standard InChI is InChI=1S/2C18H21N5O/c2*1-2-4-13(5-3-1)8-9-24-15-7-6-14(10-15)22-17-16-11-21-23-18(16)20-12-19-17/h2*1-5,11-12,14-15H,6-10H2,(H2,19,20,21,22,23)/t2*14-,15?/m10/s1. The van der Waals surface area contributed by atoms with Crippen LogP contribution in [0.4, 0.5) is 11.6 Å². The molecule has 48 heavy (non-hydrogen) atoms. The lowest BCUT2D eigenvalue weighted by atomic mass is 10.2. The third-order valence-corrected chi connectivity index (χ3v) is 9.12. The van der Waals surface area contributed by atoms with E-state index in [2.05, 4.69) is 99.5 Å². The zero-order valence-corrected chi connectivity index (χ0v) is 27.0. The van der Waals surface area contributed by atoms with Crippen molar-refractivity contribution in [3.05, 3.63) is 96.8 Å². The van der Waals surface area contributed by atoms with Gasteiger partial charge in [-0.3, -0.25) is 10.2 Å². The number of fused-ring (bicyclic) bond motifs is 2. The van der Waals surface area contributed by atoms with Crippen molar-refractivity contribution in [2.45, 2.75) is 75.7 Å². The van der Waals surface area contributed by atoms with E-state index in [0.29, 0.717) is 24.3 Å². The third-order valence-electron chi connectivity index (χ3n) is 9.12. The number of benzene rings is 2. The zero-order chi connectivity index (χ0) is 32.4. The fourth-order valence-corrected chi connectivity index (χ4v) is 6.57. The van der Waals surface area contributed by atoms with Crippen LogP contribution in [0.3, 0.4) is 0 Å². The van der Waals surface area contributed by atoms with Gasteiger partial charge in [0.25, 0.3) is 0 Å². The average molecular weight is 647 g/mol. The monoisotopic (exact) mass is 646 g/mol. The first-order chi connectivity index (χ1) is 23.8. The van der Waals surface area contributed by atoms with E-state index in [-0.39, 0.29) is 0 Å². The van der Waals surface area contributed by atoms with Crippen LogP contribution in [0.15, 0.2) is 85.7 Å². The van der Waals surface area contributed by atoms with Gasteiger partial charge in [0.15, 0.2) is 11.3 Å². The molecule has 0 spiro atoms. The molecule has 0 radical (unpaired) electrons. The molecule has 4 atom stereocenters. The molecule has 0 saturated heterocycles. The predicted octanol–water partition coefficient (Wildman–Crippen LogP) is 5.89. The van der Waals surface area contributed by atoms with E-state index in [9.17, 15) is 0 Å². The number of hydrogen-bond donors (Lipinski definition) is 4. The summed E-state index contributed by atoms with van der Waals surface area (Å²) in [6.07, 6.45) is 15.6. The van der Waals surface area contributed by atoms with Crippen LogP contribution in [-0.2, 0) is 22.3 Å². The van der Waals surface area contributed by atoms with Crippen LogP contribution in [0, 0.1) is 0 Å². The fraction of sp³-hybridized carbons (Fsp3) is 0.389. The second-order valence-electron chi connectivity index (χ2n) is 12.5. The Balaban J connectivity index is 0.000000152. The van der Waals surface area contributed by atoms with Crippen LogP contribution in [0.5, 0.6) is 0 Å². The SMILES string of the molecule is c1ccc(CCOC2CC[C@@H](Nc3ncnc4[nH]ncc34)C2)cc1.c1ccc(CCOC2CC[C@H](Nc3ncnc4[nH]ncc34)C2)cc1. The van der Waals surface area contributed by atoms with E-state index in [1.54, 1.807) is 25.0 Å². The van der Waals surface area contributed by atoms with E-state index in [1.807, 2.05) is 12.1 Å². The van der Waals surface area contributed by atoms with Crippen molar-refractivity contribution in [3.63, 3.8) is 0 Å². The first-order valence-electron chi connectivity index (χ1n) is 16.9. The number of nitrogens with zero attached hydrogens (tertiary/aromatic N) is 6. The molecule has 2 aliphatic carbocycles. The van der Waals surface area contributed by atoms with Crippen LogP contribution < -0.4 is 10.6 Å². The number of hydrogen-bond acceptors (Lipinski definition) is 10. The summed E-state index contributed by atoms with van der Waals surface area (Å²) in [5.74, 6) is 1.70. The number of rotatable bonds is 12. The fourth-order valence-electron chi connectivity index (χ4n) is 6.57. The summed E-state index contributed by atoms with van der Waals surface area (Å²) in [5.41, 5.74) is 4.18. The van der Waals surface area contributed by atoms with Crippen molar-refractivity contribution in [3.8, 4) is 0 Å². The molecule has 4 heterocycles. The molecule has 0 aliphatic heterocycles. The molecule has 0 bridgehead atoms. The van der Waals surface area contributed by atoms with E-state index < -0.39 is 0 Å². The molecule has 8 rings (SSSR count). The van der Waals surface area contributed by atoms with Crippen molar-refractivity contribution < 1.29 is 9.47 Å². The summed E-state index contributed by atoms with van der Waals surface area (Å²) < 4.78 is 12.1. The lowest BCUT2D eigenvalue weighted by Crippen LogP contribution is -2.19. The van der Waals surface area contributed by atoms with Gasteiger partial charge in [-0.2, -0.15) is 10.2 Å². The highest BCUT2D eigenvalue weighted by Gasteiger charge is 2.27. The van der Waals surface area contributed by atoms with Crippen LogP contribution >= 0.6 is 0 Å². The smallest absolute Gasteiger partial charge is 0.160 e. The molecule has 248 valence electrons. The van der Waals surface area contributed by atoms with Gasteiger partial charge in [-0.1, -0.05) is 60.7 Å². The van der Waals surface area contributed by atoms with E-state index >= 15 is 0 Å². The second kappa shape index (κ2) is 15.8. The Bertz CT molecular complexity index is 1710. The van der Waals surface area contributed by atoms with Gasteiger partial charge in [0.05, 0.1) is 48.6 Å². The summed E-state index contributed by atoms with van der Waals surface area (Å²) in [5, 5.41) is 22.7. The summed E-state index contributed by atoms with van der Waals surface area (Å²) >= 11 is 0. The largest absolute Gasteiger partial charge is 0.378 e. The molecule has 2 aromatic carbocycles. The molecule has 12 heteroatoms. The van der Waals surface area contributed by atoms with Gasteiger partial charge in [0, 0.05) is 12.1 Å². The zero-order valence-electron chi connectivity index (χ0n) is 27.0. The van der Waals surface area contributed by atoms with Crippen LogP contribution in [0.1, 0.15) is 49.7 Å². The van der Waals surface area contributed by atoms with E-state index in [1.165, 1.54) is 11.1 Å². The van der Waals surface area contributed by atoms with Gasteiger partial charge < -0.3 is 20.1 Å². The lowest BCUT2D eigenvalue weighted by Gasteiger charge is -2.15. The highest BCUT2D eigenvalue weighted by molar-refractivity contribution is 5.86. The van der Waals surface area contributed by atoms with Gasteiger partial charge in [0.2, 0.25) is 0 Å². The van der Waals surface area contributed by atoms with E-state index in [0.717, 1.165) is 98.3 Å². The molecule has 6 aromatic rings.